The largest absolute Gasteiger partial charge is 0.459 e. The van der Waals surface area contributed by atoms with Crippen molar-refractivity contribution in [2.24, 2.45) is 0 Å². The molecular weight excluding hydrogens is 1170 g/mol. The molecule has 0 fully saturated rings. The number of esters is 4. The molecule has 0 aliphatic carbocycles. The van der Waals surface area contributed by atoms with Crippen LogP contribution in [0.15, 0.2) is 0 Å². The zero-order valence-corrected chi connectivity index (χ0v) is 37.0. The van der Waals surface area contributed by atoms with E-state index in [1.807, 2.05) is 0 Å². The van der Waals surface area contributed by atoms with Gasteiger partial charge in [-0.25, -0.2) is 35.1 Å². The minimum absolute atomic E-state index is 0.109. The lowest BCUT2D eigenvalue weighted by atomic mass is 10.1. The molecular formula is C36H36F32O8. The van der Waals surface area contributed by atoms with Gasteiger partial charge in [-0.3, -0.25) is 19.2 Å². The quantitative estimate of drug-likeness (QED) is 0.0272. The van der Waals surface area contributed by atoms with Gasteiger partial charge in [-0.05, 0) is 25.7 Å². The topological polar surface area (TPSA) is 105 Å². The van der Waals surface area contributed by atoms with Crippen molar-refractivity contribution < 1.29 is 179 Å². The van der Waals surface area contributed by atoms with E-state index in [2.05, 4.69) is 18.9 Å². The summed E-state index contributed by atoms with van der Waals surface area (Å²) in [6.45, 7) is -10.7. The highest BCUT2D eigenvalue weighted by Gasteiger charge is 2.78. The monoisotopic (exact) mass is 1200 g/mol. The van der Waals surface area contributed by atoms with Crippen molar-refractivity contribution >= 4 is 23.9 Å². The molecule has 0 rings (SSSR count). The Morgan fingerprint density at radius 1 is 0.250 bits per heavy atom. The second-order valence-electron chi connectivity index (χ2n) is 15.3. The molecule has 76 heavy (non-hydrogen) atoms. The van der Waals surface area contributed by atoms with E-state index in [1.54, 1.807) is 0 Å². The number of alkyl halides is 32. The predicted octanol–water partition coefficient (Wildman–Crippen LogP) is 13.5. The predicted molar refractivity (Wildman–Crippen MR) is 183 cm³/mol. The molecule has 0 aromatic rings. The van der Waals surface area contributed by atoms with Crippen molar-refractivity contribution in [3.8, 4) is 0 Å². The van der Waals surface area contributed by atoms with Crippen molar-refractivity contribution in [1.82, 2.24) is 0 Å². The third kappa shape index (κ3) is 18.4. The van der Waals surface area contributed by atoms with Crippen LogP contribution in [0.2, 0.25) is 0 Å². The first-order valence-corrected chi connectivity index (χ1v) is 20.1. The lowest BCUT2D eigenvalue weighted by Gasteiger charge is -2.31. The summed E-state index contributed by atoms with van der Waals surface area (Å²) in [4.78, 5) is 45.0. The molecule has 0 atom stereocenters. The van der Waals surface area contributed by atoms with Gasteiger partial charge in [0.2, 0.25) is 0 Å². The van der Waals surface area contributed by atoms with Gasteiger partial charge in [0.05, 0.1) is 0 Å². The van der Waals surface area contributed by atoms with Gasteiger partial charge in [-0.2, -0.15) is 105 Å². The fraction of sp³-hybridized carbons (Fsp3) is 0.889. The zero-order chi connectivity index (χ0) is 60.8. The van der Waals surface area contributed by atoms with Crippen LogP contribution in [0.3, 0.4) is 0 Å². The number of rotatable bonds is 34. The number of ether oxygens (including phenoxy) is 4. The molecule has 40 heteroatoms. The maximum atomic E-state index is 13.3. The number of hydrogen-bond acceptors (Lipinski definition) is 8. The summed E-state index contributed by atoms with van der Waals surface area (Å²) in [6.07, 6.45) is -24.7. The Labute approximate surface area is 403 Å². The molecule has 0 radical (unpaired) electrons. The molecule has 452 valence electrons. The van der Waals surface area contributed by atoms with E-state index >= 15 is 0 Å². The van der Waals surface area contributed by atoms with Crippen LogP contribution in [0.5, 0.6) is 0 Å². The first kappa shape index (κ1) is 73.7. The Kier molecular flexibility index (Phi) is 26.7. The van der Waals surface area contributed by atoms with Gasteiger partial charge in [-0.1, -0.05) is 25.7 Å². The van der Waals surface area contributed by atoms with Crippen LogP contribution in [0.1, 0.15) is 77.0 Å². The molecule has 0 aliphatic heterocycles. The Hall–Kier alpha value is -4.36. The van der Waals surface area contributed by atoms with E-state index in [1.165, 1.54) is 0 Å². The fourth-order valence-electron chi connectivity index (χ4n) is 4.64. The second kappa shape index (κ2) is 27.5. The molecule has 0 aromatic heterocycles. The molecule has 0 aromatic carbocycles. The van der Waals surface area contributed by atoms with Crippen molar-refractivity contribution in [2.75, 3.05) is 26.4 Å². The summed E-state index contributed by atoms with van der Waals surface area (Å²) in [5.74, 6) is -82.4. The summed E-state index contributed by atoms with van der Waals surface area (Å²) < 4.78 is 422. The second-order valence-corrected chi connectivity index (χ2v) is 15.3. The average molecular weight is 1200 g/mol. The Bertz CT molecular complexity index is 1700. The van der Waals surface area contributed by atoms with Crippen molar-refractivity contribution in [3.05, 3.63) is 0 Å². The molecule has 0 aliphatic rings. The van der Waals surface area contributed by atoms with Gasteiger partial charge in [0, 0.05) is 25.7 Å². The number of unbranched alkanes of at least 4 members (excludes halogenated alkanes) is 6. The van der Waals surface area contributed by atoms with E-state index in [0.717, 1.165) is 0 Å². The standard InChI is InChI=1S/C20H22F16O4.C16H14F16O4/c21-13(22)17(29,30)19(33,34)15(25,26)9-39-11(37)7-5-3-1-2-4-6-8-12(38)40-10-16(27,28)20(35,36)18(31,32)14(23)24;17-9(18)13(25,26)15(29,30)11(21,22)5-35-7(33)3-1-2-4-8(34)36-6-12(23,24)16(31,32)14(27,28)10(19)20/h13-14H,1-10H2;9-10H,1-6H2. The van der Waals surface area contributed by atoms with Gasteiger partial charge in [-0.15, -0.1) is 0 Å². The third-order valence-corrected chi connectivity index (χ3v) is 9.29. The van der Waals surface area contributed by atoms with Crippen molar-refractivity contribution in [1.29, 1.82) is 0 Å². The van der Waals surface area contributed by atoms with E-state index in [4.69, 9.17) is 0 Å². The highest BCUT2D eigenvalue weighted by Crippen LogP contribution is 2.52. The van der Waals surface area contributed by atoms with E-state index < -0.39 is 186 Å². The maximum Gasteiger partial charge on any atom is 0.381 e. The summed E-state index contributed by atoms with van der Waals surface area (Å²) in [6, 6.07) is 0. The smallest absolute Gasteiger partial charge is 0.381 e. The van der Waals surface area contributed by atoms with Crippen LogP contribution >= 0.6 is 0 Å². The Morgan fingerprint density at radius 2 is 0.382 bits per heavy atom. The molecule has 0 spiro atoms. The lowest BCUT2D eigenvalue weighted by molar-refractivity contribution is -0.344. The zero-order valence-electron chi connectivity index (χ0n) is 37.0. The normalized spacial score (nSPS) is 14.3. The highest BCUT2D eigenvalue weighted by molar-refractivity contribution is 5.71. The molecule has 0 N–H and O–H groups in total. The van der Waals surface area contributed by atoms with Gasteiger partial charge < -0.3 is 18.9 Å². The van der Waals surface area contributed by atoms with Crippen LogP contribution in [0.25, 0.3) is 0 Å². The van der Waals surface area contributed by atoms with Gasteiger partial charge in [0.1, 0.15) is 0 Å². The minimum Gasteiger partial charge on any atom is -0.459 e. The van der Waals surface area contributed by atoms with Crippen LogP contribution < -0.4 is 0 Å². The highest BCUT2D eigenvalue weighted by atomic mass is 19.4. The number of hydrogen-bond donors (Lipinski definition) is 0. The molecule has 0 saturated heterocycles. The third-order valence-electron chi connectivity index (χ3n) is 9.29. The summed E-state index contributed by atoms with van der Waals surface area (Å²) in [5, 5.41) is 0. The SMILES string of the molecule is O=C(CCCCC(=O)OCC(F)(F)C(F)(F)C(F)(F)C(F)F)OCC(F)(F)C(F)(F)C(F)(F)C(F)F.O=C(CCCCCCCCC(=O)OCC(F)(F)C(F)(F)C(F)(F)C(F)F)OCC(F)(F)C(F)(F)C(F)(F)C(F)F. The molecule has 8 nitrogen and oxygen atoms in total. The van der Waals surface area contributed by atoms with Gasteiger partial charge in [0.15, 0.2) is 26.4 Å². The Morgan fingerprint density at radius 3 is 0.526 bits per heavy atom. The van der Waals surface area contributed by atoms with Crippen molar-refractivity contribution in [3.63, 3.8) is 0 Å². The minimum atomic E-state index is -6.64. The number of halogens is 32. The lowest BCUT2D eigenvalue weighted by Crippen LogP contribution is -2.59. The van der Waals surface area contributed by atoms with E-state index in [9.17, 15) is 160 Å². The molecule has 0 amide bonds. The van der Waals surface area contributed by atoms with Gasteiger partial charge in [0.25, 0.3) is 0 Å². The van der Waals surface area contributed by atoms with Gasteiger partial charge >= 0.3 is 121 Å². The van der Waals surface area contributed by atoms with E-state index in [-0.39, 0.29) is 38.5 Å². The fourth-order valence-corrected chi connectivity index (χ4v) is 4.64. The average Bonchev–Trinajstić information content (AvgIpc) is 3.27. The molecule has 0 bridgehead atoms. The first-order valence-electron chi connectivity index (χ1n) is 20.1. The molecule has 0 heterocycles. The Balaban J connectivity index is 0. The first-order chi connectivity index (χ1) is 33.8. The number of carbonyl (C=O) groups is 4. The number of carbonyl (C=O) groups excluding carboxylic acids is 4. The maximum absolute atomic E-state index is 13.3. The van der Waals surface area contributed by atoms with Crippen LogP contribution in [-0.4, -0.2) is 147 Å². The van der Waals surface area contributed by atoms with Crippen molar-refractivity contribution in [2.45, 2.75) is 174 Å². The summed E-state index contributed by atoms with van der Waals surface area (Å²) >= 11 is 0. The van der Waals surface area contributed by atoms with Crippen LogP contribution in [0, 0.1) is 0 Å². The summed E-state index contributed by atoms with van der Waals surface area (Å²) in [5.41, 5.74) is 0. The summed E-state index contributed by atoms with van der Waals surface area (Å²) in [7, 11) is 0. The van der Waals surface area contributed by atoms with Crippen LogP contribution in [-0.2, 0) is 38.1 Å². The molecule has 0 saturated carbocycles. The molecule has 0 unspecified atom stereocenters. The van der Waals surface area contributed by atoms with Crippen LogP contribution in [0.4, 0.5) is 140 Å². The van der Waals surface area contributed by atoms with E-state index in [0.29, 0.717) is 0 Å².